The van der Waals surface area contributed by atoms with Gasteiger partial charge in [0.1, 0.15) is 0 Å². The molecule has 0 spiro atoms. The summed E-state index contributed by atoms with van der Waals surface area (Å²) in [6.07, 6.45) is 5.82. The van der Waals surface area contributed by atoms with Crippen LogP contribution >= 0.6 is 0 Å². The average molecular weight is 277 g/mol. The average Bonchev–Trinajstić information content (AvgIpc) is 2.97. The molecule has 0 aromatic carbocycles. The maximum Gasteiger partial charge on any atom is 0.203 e. The van der Waals surface area contributed by atoms with Gasteiger partial charge in [-0.05, 0) is 19.4 Å². The van der Waals surface area contributed by atoms with Crippen LogP contribution in [-0.2, 0) is 24.8 Å². The van der Waals surface area contributed by atoms with Gasteiger partial charge in [0.15, 0.2) is 0 Å². The van der Waals surface area contributed by atoms with E-state index in [0.717, 1.165) is 44.2 Å². The molecule has 0 fully saturated rings. The van der Waals surface area contributed by atoms with Crippen LogP contribution < -0.4 is 5.32 Å². The molecule has 0 saturated heterocycles. The number of nitrogens with zero attached hydrogens (tertiary/aromatic N) is 4. The minimum atomic E-state index is 0.770. The molecule has 0 aliphatic carbocycles. The Bertz CT molecular complexity index is 531. The summed E-state index contributed by atoms with van der Waals surface area (Å²) in [5.74, 6) is 0.931. The lowest BCUT2D eigenvalue weighted by Crippen LogP contribution is -2.12. The molecule has 1 N–H and O–H groups in total. The molecule has 0 unspecified atom stereocenters. The highest BCUT2D eigenvalue weighted by Gasteiger charge is 2.05. The number of methoxy groups -OCH3 is 1. The highest BCUT2D eigenvalue weighted by atomic mass is 16.5. The zero-order chi connectivity index (χ0) is 14.4. The summed E-state index contributed by atoms with van der Waals surface area (Å²) in [6.45, 7) is 4.55. The van der Waals surface area contributed by atoms with E-state index >= 15 is 0 Å². The molecule has 6 heteroatoms. The van der Waals surface area contributed by atoms with Gasteiger partial charge in [0.05, 0.1) is 5.69 Å². The van der Waals surface area contributed by atoms with Gasteiger partial charge in [-0.25, -0.2) is 4.98 Å². The highest BCUT2D eigenvalue weighted by molar-refractivity contribution is 5.29. The number of aromatic nitrogens is 4. The van der Waals surface area contributed by atoms with Crippen molar-refractivity contribution in [1.82, 2.24) is 19.3 Å². The highest BCUT2D eigenvalue weighted by Crippen LogP contribution is 2.09. The molecule has 0 bridgehead atoms. The molecule has 2 aromatic rings. The molecule has 0 aliphatic heterocycles. The number of hydrogen-bond donors (Lipinski definition) is 1. The summed E-state index contributed by atoms with van der Waals surface area (Å²) in [6, 6.07) is 2.04. The molecular formula is C14H23N5O. The quantitative estimate of drug-likeness (QED) is 0.745. The van der Waals surface area contributed by atoms with E-state index in [9.17, 15) is 0 Å². The lowest BCUT2D eigenvalue weighted by Gasteiger charge is -2.09. The van der Waals surface area contributed by atoms with Gasteiger partial charge in [-0.1, -0.05) is 0 Å². The first-order chi connectivity index (χ1) is 9.70. The Morgan fingerprint density at radius 3 is 2.95 bits per heavy atom. The molecule has 110 valence electrons. The van der Waals surface area contributed by atoms with Crippen molar-refractivity contribution < 1.29 is 4.74 Å². The predicted molar refractivity (Wildman–Crippen MR) is 78.9 cm³/mol. The van der Waals surface area contributed by atoms with Crippen molar-refractivity contribution in [2.75, 3.05) is 25.6 Å². The van der Waals surface area contributed by atoms with Crippen LogP contribution in [0, 0.1) is 6.92 Å². The van der Waals surface area contributed by atoms with Crippen molar-refractivity contribution in [3.8, 4) is 0 Å². The first-order valence-electron chi connectivity index (χ1n) is 6.94. The molecule has 2 aromatic heterocycles. The second kappa shape index (κ2) is 7.09. The van der Waals surface area contributed by atoms with E-state index in [0.29, 0.717) is 0 Å². The smallest absolute Gasteiger partial charge is 0.203 e. The largest absolute Gasteiger partial charge is 0.385 e. The Labute approximate surface area is 119 Å². The summed E-state index contributed by atoms with van der Waals surface area (Å²) in [7, 11) is 3.69. The molecule has 0 amide bonds. The molecule has 0 atom stereocenters. The van der Waals surface area contributed by atoms with Crippen molar-refractivity contribution in [2.45, 2.75) is 26.3 Å². The fraction of sp³-hybridized carbons (Fsp3) is 0.571. The zero-order valence-electron chi connectivity index (χ0n) is 12.5. The third kappa shape index (κ3) is 3.84. The Kier molecular flexibility index (Phi) is 5.17. The Morgan fingerprint density at radius 1 is 1.40 bits per heavy atom. The van der Waals surface area contributed by atoms with Crippen molar-refractivity contribution in [2.24, 2.45) is 7.05 Å². The number of hydrogen-bond acceptors (Lipinski definition) is 4. The van der Waals surface area contributed by atoms with Crippen LogP contribution in [-0.4, -0.2) is 39.6 Å². The van der Waals surface area contributed by atoms with Crippen molar-refractivity contribution in [1.29, 1.82) is 0 Å². The van der Waals surface area contributed by atoms with E-state index < -0.39 is 0 Å². The number of nitrogens with one attached hydrogen (secondary N) is 1. The zero-order valence-corrected chi connectivity index (χ0v) is 12.5. The summed E-state index contributed by atoms with van der Waals surface area (Å²) in [5.41, 5.74) is 2.25. The van der Waals surface area contributed by atoms with Crippen LogP contribution in [0.2, 0.25) is 0 Å². The van der Waals surface area contributed by atoms with E-state index in [2.05, 4.69) is 26.2 Å². The van der Waals surface area contributed by atoms with Crippen LogP contribution in [0.3, 0.4) is 0 Å². The Hall–Kier alpha value is -1.82. The summed E-state index contributed by atoms with van der Waals surface area (Å²) in [4.78, 5) is 4.52. The SMILES string of the molecule is COCCCn1cc(C)nc1NCCc1ccnn1C. The lowest BCUT2D eigenvalue weighted by atomic mass is 10.3. The number of ether oxygens (including phenoxy) is 1. The third-order valence-electron chi connectivity index (χ3n) is 3.23. The molecule has 0 radical (unpaired) electrons. The van der Waals surface area contributed by atoms with Gasteiger partial charge in [0.25, 0.3) is 0 Å². The van der Waals surface area contributed by atoms with Crippen LogP contribution in [0.4, 0.5) is 5.95 Å². The van der Waals surface area contributed by atoms with E-state index in [1.54, 1.807) is 7.11 Å². The summed E-state index contributed by atoms with van der Waals surface area (Å²) < 4.78 is 9.14. The van der Waals surface area contributed by atoms with Crippen molar-refractivity contribution in [3.63, 3.8) is 0 Å². The third-order valence-corrected chi connectivity index (χ3v) is 3.23. The first-order valence-corrected chi connectivity index (χ1v) is 6.94. The topological polar surface area (TPSA) is 56.9 Å². The monoisotopic (exact) mass is 277 g/mol. The normalized spacial score (nSPS) is 10.9. The molecule has 6 nitrogen and oxygen atoms in total. The molecular weight excluding hydrogens is 254 g/mol. The second-order valence-electron chi connectivity index (χ2n) is 4.87. The van der Waals surface area contributed by atoms with Crippen LogP contribution in [0.15, 0.2) is 18.5 Å². The summed E-state index contributed by atoms with van der Waals surface area (Å²) >= 11 is 0. The minimum Gasteiger partial charge on any atom is -0.385 e. The predicted octanol–water partition coefficient (Wildman–Crippen LogP) is 1.62. The maximum absolute atomic E-state index is 5.09. The van der Waals surface area contributed by atoms with Crippen LogP contribution in [0.5, 0.6) is 0 Å². The van der Waals surface area contributed by atoms with Gasteiger partial charge < -0.3 is 14.6 Å². The number of rotatable bonds is 8. The lowest BCUT2D eigenvalue weighted by molar-refractivity contribution is 0.190. The van der Waals surface area contributed by atoms with Crippen LogP contribution in [0.1, 0.15) is 17.8 Å². The molecule has 20 heavy (non-hydrogen) atoms. The number of aryl methyl sites for hydroxylation is 3. The summed E-state index contributed by atoms with van der Waals surface area (Å²) in [5, 5.41) is 7.56. The maximum atomic E-state index is 5.09. The number of anilines is 1. The minimum absolute atomic E-state index is 0.770. The van der Waals surface area contributed by atoms with Crippen LogP contribution in [0.25, 0.3) is 0 Å². The Morgan fingerprint density at radius 2 is 2.25 bits per heavy atom. The molecule has 2 heterocycles. The van der Waals surface area contributed by atoms with E-state index in [-0.39, 0.29) is 0 Å². The Balaban J connectivity index is 1.87. The van der Waals surface area contributed by atoms with Gasteiger partial charge in [-0.3, -0.25) is 4.68 Å². The fourth-order valence-corrected chi connectivity index (χ4v) is 2.19. The van der Waals surface area contributed by atoms with Gasteiger partial charge >= 0.3 is 0 Å². The fourth-order valence-electron chi connectivity index (χ4n) is 2.19. The standard InChI is InChI=1S/C14H23N5O/c1-12-11-19(9-4-10-20-3)14(17-12)15-7-5-13-6-8-16-18(13)2/h6,8,11H,4-5,7,9-10H2,1-3H3,(H,15,17). The molecule has 0 aliphatic rings. The van der Waals surface area contributed by atoms with Gasteiger partial charge in [-0.2, -0.15) is 5.10 Å². The molecule has 0 saturated carbocycles. The number of imidazole rings is 1. The van der Waals surface area contributed by atoms with E-state index in [4.69, 9.17) is 4.74 Å². The van der Waals surface area contributed by atoms with Gasteiger partial charge in [0, 0.05) is 58.4 Å². The second-order valence-corrected chi connectivity index (χ2v) is 4.87. The van der Waals surface area contributed by atoms with Gasteiger partial charge in [-0.15, -0.1) is 0 Å². The van der Waals surface area contributed by atoms with Crippen molar-refractivity contribution >= 4 is 5.95 Å². The van der Waals surface area contributed by atoms with E-state index in [1.165, 1.54) is 5.69 Å². The van der Waals surface area contributed by atoms with E-state index in [1.807, 2.05) is 30.9 Å². The van der Waals surface area contributed by atoms with Gasteiger partial charge in [0.2, 0.25) is 5.95 Å². The molecule has 2 rings (SSSR count). The first kappa shape index (κ1) is 14.6. The van der Waals surface area contributed by atoms with Crippen molar-refractivity contribution in [3.05, 3.63) is 29.8 Å².